The second-order valence-corrected chi connectivity index (χ2v) is 9.94. The molecule has 0 spiro atoms. The Hall–Kier alpha value is -1.38. The van der Waals surface area contributed by atoms with Gasteiger partial charge in [-0.15, -0.1) is 0 Å². The van der Waals surface area contributed by atoms with Gasteiger partial charge in [0.1, 0.15) is 6.54 Å². The molecule has 0 unspecified atom stereocenters. The molecule has 3 rings (SSSR count). The number of hydrogen-bond donors (Lipinski definition) is 1. The summed E-state index contributed by atoms with van der Waals surface area (Å²) in [6, 6.07) is 8.02. The Kier molecular flexibility index (Phi) is 6.28. The molecule has 1 saturated heterocycles. The average Bonchev–Trinajstić information content (AvgIpc) is 2.87. The van der Waals surface area contributed by atoms with Crippen LogP contribution in [0.2, 0.25) is 0 Å². The fourth-order valence-corrected chi connectivity index (χ4v) is 5.77. The summed E-state index contributed by atoms with van der Waals surface area (Å²) in [5.41, 5.74) is 2.05. The molecule has 2 heterocycles. The zero-order chi connectivity index (χ0) is 19.6. The summed E-state index contributed by atoms with van der Waals surface area (Å²) in [7, 11) is -3.15. The average molecular weight is 456 g/mol. The monoisotopic (exact) mass is 455 g/mol. The first-order valence-electron chi connectivity index (χ1n) is 9.34. The summed E-state index contributed by atoms with van der Waals surface area (Å²) >= 11 is 3.61. The highest BCUT2D eigenvalue weighted by atomic mass is 79.9. The number of carbonyl (C=O) groups excluding carboxylic acids is 1. The molecule has 1 N–H and O–H groups in total. The van der Waals surface area contributed by atoms with Crippen molar-refractivity contribution in [3.63, 3.8) is 0 Å². The van der Waals surface area contributed by atoms with Crippen molar-refractivity contribution in [2.45, 2.75) is 45.7 Å². The predicted octanol–water partition coefficient (Wildman–Crippen LogP) is 3.03. The van der Waals surface area contributed by atoms with E-state index in [1.54, 1.807) is 4.31 Å². The van der Waals surface area contributed by atoms with Crippen LogP contribution < -0.4 is 5.32 Å². The van der Waals surface area contributed by atoms with Gasteiger partial charge in [-0.25, -0.2) is 12.7 Å². The van der Waals surface area contributed by atoms with Crippen LogP contribution in [0.3, 0.4) is 0 Å². The van der Waals surface area contributed by atoms with Gasteiger partial charge in [0, 0.05) is 40.2 Å². The molecule has 1 amide bonds. The van der Waals surface area contributed by atoms with Crippen molar-refractivity contribution < 1.29 is 13.2 Å². The first-order valence-corrected chi connectivity index (χ1v) is 11.7. The van der Waals surface area contributed by atoms with E-state index in [1.807, 2.05) is 42.7 Å². The minimum Gasteiger partial charge on any atom is -0.352 e. The van der Waals surface area contributed by atoms with Gasteiger partial charge in [0.2, 0.25) is 15.9 Å². The summed E-state index contributed by atoms with van der Waals surface area (Å²) < 4.78 is 28.9. The molecule has 8 heteroatoms. The lowest BCUT2D eigenvalue weighted by atomic mass is 10.1. The fraction of sp³-hybridized carbons (Fsp3) is 0.526. The molecule has 1 aliphatic heterocycles. The third kappa shape index (κ3) is 4.38. The summed E-state index contributed by atoms with van der Waals surface area (Å²) in [5, 5.41) is 4.17. The van der Waals surface area contributed by atoms with Crippen LogP contribution in [0.4, 0.5) is 0 Å². The molecule has 1 aromatic heterocycles. The van der Waals surface area contributed by atoms with Crippen molar-refractivity contribution in [1.82, 2.24) is 14.2 Å². The Morgan fingerprint density at radius 2 is 1.93 bits per heavy atom. The Bertz CT molecular complexity index is 931. The molecule has 27 heavy (non-hydrogen) atoms. The van der Waals surface area contributed by atoms with Gasteiger partial charge in [0.15, 0.2) is 0 Å². The zero-order valence-electron chi connectivity index (χ0n) is 15.7. The summed E-state index contributed by atoms with van der Waals surface area (Å²) in [6.07, 6.45) is 1.94. The maximum Gasteiger partial charge on any atom is 0.240 e. The van der Waals surface area contributed by atoms with E-state index in [0.29, 0.717) is 32.4 Å². The maximum absolute atomic E-state index is 12.6. The third-order valence-electron chi connectivity index (χ3n) is 5.13. The number of para-hydroxylation sites is 1. The van der Waals surface area contributed by atoms with Gasteiger partial charge in [0.25, 0.3) is 0 Å². The van der Waals surface area contributed by atoms with Gasteiger partial charge >= 0.3 is 0 Å². The molecule has 6 nitrogen and oxygen atoms in total. The first kappa shape index (κ1) is 20.4. The predicted molar refractivity (Wildman–Crippen MR) is 111 cm³/mol. The van der Waals surface area contributed by atoms with Gasteiger partial charge < -0.3 is 9.88 Å². The number of rotatable bonds is 6. The van der Waals surface area contributed by atoms with Crippen LogP contribution in [0.5, 0.6) is 0 Å². The highest BCUT2D eigenvalue weighted by Crippen LogP contribution is 2.30. The number of nitrogens with zero attached hydrogens (tertiary/aromatic N) is 2. The van der Waals surface area contributed by atoms with E-state index < -0.39 is 10.0 Å². The standard InChI is InChI=1S/C19H26BrN3O3S/c1-3-12-27(25,26)22-10-8-15(9-11-22)21-18(24)13-23-14(2)19(20)16-6-4-5-7-17(16)23/h4-7,15H,3,8-13H2,1-2H3,(H,21,24). The van der Waals surface area contributed by atoms with Crippen molar-refractivity contribution >= 4 is 42.8 Å². The zero-order valence-corrected chi connectivity index (χ0v) is 18.1. The van der Waals surface area contributed by atoms with E-state index in [-0.39, 0.29) is 24.2 Å². The number of sulfonamides is 1. The molecule has 0 saturated carbocycles. The Morgan fingerprint density at radius 3 is 2.59 bits per heavy atom. The van der Waals surface area contributed by atoms with Crippen LogP contribution in [-0.4, -0.2) is 48.1 Å². The van der Waals surface area contributed by atoms with E-state index in [1.165, 1.54) is 0 Å². The van der Waals surface area contributed by atoms with Crippen molar-refractivity contribution in [3.8, 4) is 0 Å². The Labute approximate surface area is 169 Å². The molecular weight excluding hydrogens is 430 g/mol. The number of amides is 1. The summed E-state index contributed by atoms with van der Waals surface area (Å²) in [6.45, 7) is 5.07. The first-order chi connectivity index (χ1) is 12.8. The largest absolute Gasteiger partial charge is 0.352 e. The lowest BCUT2D eigenvalue weighted by Crippen LogP contribution is -2.47. The second-order valence-electron chi connectivity index (χ2n) is 7.06. The molecular formula is C19H26BrN3O3S. The van der Waals surface area contributed by atoms with E-state index in [4.69, 9.17) is 0 Å². The quantitative estimate of drug-likeness (QED) is 0.727. The minimum atomic E-state index is -3.15. The van der Waals surface area contributed by atoms with Gasteiger partial charge in [-0.05, 0) is 48.2 Å². The molecule has 2 aromatic rings. The van der Waals surface area contributed by atoms with E-state index in [0.717, 1.165) is 21.1 Å². The van der Waals surface area contributed by atoms with Crippen molar-refractivity contribution in [1.29, 1.82) is 0 Å². The van der Waals surface area contributed by atoms with Crippen LogP contribution in [0.15, 0.2) is 28.7 Å². The van der Waals surface area contributed by atoms with Crippen LogP contribution >= 0.6 is 15.9 Å². The number of nitrogens with one attached hydrogen (secondary N) is 1. The molecule has 0 atom stereocenters. The van der Waals surface area contributed by atoms with Gasteiger partial charge in [0.05, 0.1) is 5.75 Å². The molecule has 1 aliphatic rings. The highest BCUT2D eigenvalue weighted by molar-refractivity contribution is 9.10. The number of piperidine rings is 1. The van der Waals surface area contributed by atoms with Gasteiger partial charge in [-0.1, -0.05) is 25.1 Å². The van der Waals surface area contributed by atoms with E-state index in [9.17, 15) is 13.2 Å². The topological polar surface area (TPSA) is 71.4 Å². The van der Waals surface area contributed by atoms with E-state index in [2.05, 4.69) is 21.2 Å². The molecule has 0 aliphatic carbocycles. The highest BCUT2D eigenvalue weighted by Gasteiger charge is 2.28. The summed E-state index contributed by atoms with van der Waals surface area (Å²) in [4.78, 5) is 12.6. The molecule has 148 valence electrons. The normalized spacial score (nSPS) is 16.7. The van der Waals surface area contributed by atoms with Crippen molar-refractivity contribution in [2.75, 3.05) is 18.8 Å². The lowest BCUT2D eigenvalue weighted by molar-refractivity contribution is -0.122. The SMILES string of the molecule is CCCS(=O)(=O)N1CCC(NC(=O)Cn2c(C)c(Br)c3ccccc32)CC1. The number of carbonyl (C=O) groups is 1. The fourth-order valence-electron chi connectivity index (χ4n) is 3.67. The number of halogens is 1. The second kappa shape index (κ2) is 8.32. The third-order valence-corrected chi connectivity index (χ3v) is 8.21. The number of benzene rings is 1. The molecule has 0 bridgehead atoms. The Morgan fingerprint density at radius 1 is 1.26 bits per heavy atom. The Balaban J connectivity index is 1.61. The number of aromatic nitrogens is 1. The van der Waals surface area contributed by atoms with Crippen LogP contribution in [0.25, 0.3) is 10.9 Å². The lowest BCUT2D eigenvalue weighted by Gasteiger charge is -2.31. The van der Waals surface area contributed by atoms with Crippen LogP contribution in [-0.2, 0) is 21.4 Å². The summed E-state index contributed by atoms with van der Waals surface area (Å²) in [5.74, 6) is 0.153. The van der Waals surface area contributed by atoms with Gasteiger partial charge in [-0.2, -0.15) is 0 Å². The minimum absolute atomic E-state index is 0.0242. The van der Waals surface area contributed by atoms with Gasteiger partial charge in [-0.3, -0.25) is 4.79 Å². The molecule has 1 aromatic carbocycles. The molecule has 0 radical (unpaired) electrons. The van der Waals surface area contributed by atoms with Crippen molar-refractivity contribution in [3.05, 3.63) is 34.4 Å². The number of fused-ring (bicyclic) bond motifs is 1. The van der Waals surface area contributed by atoms with Crippen LogP contribution in [0.1, 0.15) is 31.9 Å². The van der Waals surface area contributed by atoms with Crippen LogP contribution in [0, 0.1) is 6.92 Å². The maximum atomic E-state index is 12.6. The molecule has 1 fully saturated rings. The number of hydrogen-bond acceptors (Lipinski definition) is 3. The van der Waals surface area contributed by atoms with E-state index >= 15 is 0 Å². The smallest absolute Gasteiger partial charge is 0.240 e. The van der Waals surface area contributed by atoms with Crippen molar-refractivity contribution in [2.24, 2.45) is 0 Å².